The molecule has 0 fully saturated rings. The van der Waals surface area contributed by atoms with Crippen LogP contribution in [0.5, 0.6) is 11.8 Å². The number of benzene rings is 2. The summed E-state index contributed by atoms with van der Waals surface area (Å²) in [7, 11) is 0. The molecule has 0 saturated heterocycles. The monoisotopic (exact) mass is 412 g/mol. The Labute approximate surface area is 170 Å². The molecule has 0 aliphatic carbocycles. The SMILES string of the molecule is C=CCn1c(O)c2ccc(C(=O)N=NC(=S)NCc3ccc(F)cc3)cc2c1O. The maximum Gasteiger partial charge on any atom is 0.295 e. The van der Waals surface area contributed by atoms with Gasteiger partial charge in [-0.05, 0) is 48.1 Å². The summed E-state index contributed by atoms with van der Waals surface area (Å²) >= 11 is 5.01. The van der Waals surface area contributed by atoms with Crippen LogP contribution in [-0.4, -0.2) is 25.8 Å². The second kappa shape index (κ2) is 8.61. The summed E-state index contributed by atoms with van der Waals surface area (Å²) in [5, 5.41) is 31.2. The van der Waals surface area contributed by atoms with Crippen molar-refractivity contribution in [3.8, 4) is 11.8 Å². The van der Waals surface area contributed by atoms with Crippen molar-refractivity contribution in [1.82, 2.24) is 9.88 Å². The van der Waals surface area contributed by atoms with Crippen LogP contribution >= 0.6 is 12.2 Å². The van der Waals surface area contributed by atoms with E-state index in [4.69, 9.17) is 12.2 Å². The number of hydrogen-bond acceptors (Lipinski definition) is 4. The minimum absolute atomic E-state index is 0.00128. The van der Waals surface area contributed by atoms with E-state index in [0.29, 0.717) is 17.3 Å². The lowest BCUT2D eigenvalue weighted by atomic mass is 10.1. The summed E-state index contributed by atoms with van der Waals surface area (Å²) in [5.74, 6) is -1.30. The average Bonchev–Trinajstić information content (AvgIpc) is 2.96. The molecule has 0 spiro atoms. The summed E-state index contributed by atoms with van der Waals surface area (Å²) in [6.45, 7) is 4.09. The first kappa shape index (κ1) is 20.2. The van der Waals surface area contributed by atoms with E-state index in [1.807, 2.05) is 0 Å². The van der Waals surface area contributed by atoms with Crippen molar-refractivity contribution >= 4 is 34.0 Å². The van der Waals surface area contributed by atoms with E-state index >= 15 is 0 Å². The lowest BCUT2D eigenvalue weighted by molar-refractivity contribution is 0.0995. The van der Waals surface area contributed by atoms with Gasteiger partial charge in [-0.25, -0.2) is 4.39 Å². The van der Waals surface area contributed by atoms with Gasteiger partial charge in [0.25, 0.3) is 5.91 Å². The Morgan fingerprint density at radius 3 is 2.52 bits per heavy atom. The van der Waals surface area contributed by atoms with Crippen LogP contribution in [0.4, 0.5) is 4.39 Å². The number of aromatic nitrogens is 1. The molecule has 3 rings (SSSR count). The van der Waals surface area contributed by atoms with Gasteiger partial charge in [-0.2, -0.15) is 0 Å². The Balaban J connectivity index is 1.70. The molecule has 1 amide bonds. The number of azo groups is 1. The number of aromatic hydroxyl groups is 2. The molecule has 1 heterocycles. The highest BCUT2D eigenvalue weighted by Gasteiger charge is 2.17. The van der Waals surface area contributed by atoms with Gasteiger partial charge in [-0.3, -0.25) is 9.36 Å². The number of amides is 1. The summed E-state index contributed by atoms with van der Waals surface area (Å²) in [6.07, 6.45) is 1.53. The molecule has 0 saturated carbocycles. The van der Waals surface area contributed by atoms with Crippen LogP contribution < -0.4 is 5.32 Å². The standard InChI is InChI=1S/C20H17FN4O3S/c1-2-9-25-18(27)15-8-5-13(10-16(15)19(25)28)17(26)23-24-20(29)22-11-12-3-6-14(21)7-4-12/h2-8,10,27-28H,1,9,11H2,(H,22,29). The van der Waals surface area contributed by atoms with Crippen LogP contribution in [-0.2, 0) is 13.1 Å². The third-order valence-corrected chi connectivity index (χ3v) is 4.39. The molecule has 9 heteroatoms. The van der Waals surface area contributed by atoms with E-state index in [-0.39, 0.29) is 34.8 Å². The Morgan fingerprint density at radius 2 is 1.83 bits per heavy atom. The summed E-state index contributed by atoms with van der Waals surface area (Å²) in [6, 6.07) is 10.3. The lowest BCUT2D eigenvalue weighted by Crippen LogP contribution is -2.18. The van der Waals surface area contributed by atoms with Gasteiger partial charge in [0.15, 0.2) is 0 Å². The molecule has 0 bridgehead atoms. The van der Waals surface area contributed by atoms with Crippen molar-refractivity contribution < 1.29 is 19.4 Å². The van der Waals surface area contributed by atoms with Crippen molar-refractivity contribution in [2.45, 2.75) is 13.1 Å². The Bertz CT molecular complexity index is 1120. The molecule has 148 valence electrons. The number of nitrogens with one attached hydrogen (secondary N) is 1. The first-order chi connectivity index (χ1) is 13.9. The van der Waals surface area contributed by atoms with E-state index in [0.717, 1.165) is 5.56 Å². The molecule has 0 radical (unpaired) electrons. The quantitative estimate of drug-likeness (QED) is 0.334. The van der Waals surface area contributed by atoms with Gasteiger partial charge in [0.05, 0.1) is 0 Å². The number of rotatable bonds is 5. The van der Waals surface area contributed by atoms with Crippen molar-refractivity contribution in [1.29, 1.82) is 0 Å². The number of nitrogens with zero attached hydrogens (tertiary/aromatic N) is 3. The van der Waals surface area contributed by atoms with Crippen molar-refractivity contribution in [2.24, 2.45) is 10.2 Å². The topological polar surface area (TPSA) is 99.2 Å². The summed E-state index contributed by atoms with van der Waals surface area (Å²) in [5.41, 5.74) is 0.966. The number of fused-ring (bicyclic) bond motifs is 1. The number of allylic oxidation sites excluding steroid dienone is 1. The normalized spacial score (nSPS) is 11.1. The molecule has 7 nitrogen and oxygen atoms in total. The second-order valence-corrected chi connectivity index (χ2v) is 6.48. The van der Waals surface area contributed by atoms with Gasteiger partial charge < -0.3 is 15.5 Å². The van der Waals surface area contributed by atoms with Crippen molar-refractivity contribution in [3.63, 3.8) is 0 Å². The van der Waals surface area contributed by atoms with Crippen LogP contribution in [0.3, 0.4) is 0 Å². The highest BCUT2D eigenvalue weighted by molar-refractivity contribution is 7.80. The molecule has 0 aliphatic heterocycles. The van der Waals surface area contributed by atoms with Crippen molar-refractivity contribution in [3.05, 3.63) is 72.1 Å². The first-order valence-corrected chi connectivity index (χ1v) is 8.95. The van der Waals surface area contributed by atoms with Gasteiger partial charge in [-0.15, -0.1) is 16.8 Å². The van der Waals surface area contributed by atoms with Gasteiger partial charge in [-0.1, -0.05) is 18.2 Å². The molecule has 1 aromatic heterocycles. The molecule has 0 atom stereocenters. The predicted molar refractivity (Wildman–Crippen MR) is 110 cm³/mol. The van der Waals surface area contributed by atoms with E-state index in [9.17, 15) is 19.4 Å². The Kier molecular flexibility index (Phi) is 5.99. The second-order valence-electron chi connectivity index (χ2n) is 6.10. The molecule has 0 unspecified atom stereocenters. The van der Waals surface area contributed by atoms with Crippen LogP contribution in [0.1, 0.15) is 15.9 Å². The number of hydrogen-bond donors (Lipinski definition) is 3. The fourth-order valence-corrected chi connectivity index (χ4v) is 2.83. The highest BCUT2D eigenvalue weighted by atomic mass is 32.1. The zero-order valence-electron chi connectivity index (χ0n) is 15.2. The number of halogens is 1. The van der Waals surface area contributed by atoms with E-state index in [1.165, 1.54) is 41.0 Å². The third-order valence-electron chi connectivity index (χ3n) is 4.16. The van der Waals surface area contributed by atoms with Gasteiger partial charge in [0, 0.05) is 29.4 Å². The average molecular weight is 412 g/mol. The molecule has 29 heavy (non-hydrogen) atoms. The highest BCUT2D eigenvalue weighted by Crippen LogP contribution is 2.36. The maximum atomic E-state index is 12.9. The molecule has 0 aliphatic rings. The van der Waals surface area contributed by atoms with Gasteiger partial charge in [0.1, 0.15) is 5.82 Å². The number of thiocarbonyl (C=S) groups is 1. The summed E-state index contributed by atoms with van der Waals surface area (Å²) in [4.78, 5) is 12.3. The van der Waals surface area contributed by atoms with Gasteiger partial charge >= 0.3 is 0 Å². The smallest absolute Gasteiger partial charge is 0.295 e. The number of carbonyl (C=O) groups is 1. The maximum absolute atomic E-state index is 12.9. The summed E-state index contributed by atoms with van der Waals surface area (Å²) < 4.78 is 14.2. The molecular weight excluding hydrogens is 395 g/mol. The zero-order chi connectivity index (χ0) is 21.0. The zero-order valence-corrected chi connectivity index (χ0v) is 16.0. The first-order valence-electron chi connectivity index (χ1n) is 8.54. The Hall–Kier alpha value is -3.59. The van der Waals surface area contributed by atoms with Gasteiger partial charge in [0.2, 0.25) is 16.9 Å². The van der Waals surface area contributed by atoms with Crippen LogP contribution in [0.15, 0.2) is 65.3 Å². The molecule has 3 N–H and O–H groups in total. The lowest BCUT2D eigenvalue weighted by Gasteiger charge is -2.03. The number of carbonyl (C=O) groups excluding carboxylic acids is 1. The third kappa shape index (κ3) is 4.46. The van der Waals surface area contributed by atoms with E-state index in [2.05, 4.69) is 22.1 Å². The van der Waals surface area contributed by atoms with Crippen LogP contribution in [0.2, 0.25) is 0 Å². The largest absolute Gasteiger partial charge is 0.494 e. The molecular formula is C20H17FN4O3S. The van der Waals surface area contributed by atoms with Crippen molar-refractivity contribution in [2.75, 3.05) is 0 Å². The Morgan fingerprint density at radius 1 is 1.14 bits per heavy atom. The molecule has 3 aromatic rings. The van der Waals surface area contributed by atoms with E-state index < -0.39 is 5.91 Å². The van der Waals surface area contributed by atoms with Crippen LogP contribution in [0.25, 0.3) is 10.8 Å². The minimum Gasteiger partial charge on any atom is -0.494 e. The van der Waals surface area contributed by atoms with Crippen LogP contribution in [0, 0.1) is 5.82 Å². The fraction of sp³-hybridized carbons (Fsp3) is 0.100. The van der Waals surface area contributed by atoms with E-state index in [1.54, 1.807) is 12.1 Å². The predicted octanol–water partition coefficient (Wildman–Crippen LogP) is 4.04. The molecule has 2 aromatic carbocycles. The minimum atomic E-state index is -0.659. The fourth-order valence-electron chi connectivity index (χ4n) is 2.71.